The predicted molar refractivity (Wildman–Crippen MR) is 124 cm³/mol. The zero-order chi connectivity index (χ0) is 19.1. The fraction of sp³-hybridized carbons (Fsp3) is 0.280. The summed E-state index contributed by atoms with van der Waals surface area (Å²) in [6, 6.07) is 27.9. The van der Waals surface area contributed by atoms with Crippen molar-refractivity contribution in [2.45, 2.75) is 43.7 Å². The molecule has 2 unspecified atom stereocenters. The van der Waals surface area contributed by atoms with Crippen LogP contribution in [0.2, 0.25) is 0 Å². The topological polar surface area (TPSA) is 3.24 Å². The second-order valence-electron chi connectivity index (χ2n) is 7.99. The van der Waals surface area contributed by atoms with Crippen molar-refractivity contribution in [1.29, 1.82) is 0 Å². The van der Waals surface area contributed by atoms with E-state index >= 15 is 0 Å². The number of rotatable bonds is 4. The second-order valence-corrected chi connectivity index (χ2v) is 9.82. The lowest BCUT2D eigenvalue weighted by Gasteiger charge is -2.33. The molecule has 0 spiro atoms. The molecule has 0 aromatic heterocycles. The lowest BCUT2D eigenvalue weighted by Crippen LogP contribution is -2.26. The van der Waals surface area contributed by atoms with Gasteiger partial charge < -0.3 is 4.90 Å². The molecule has 1 saturated heterocycles. The first-order chi connectivity index (χ1) is 13.7. The van der Waals surface area contributed by atoms with E-state index in [4.69, 9.17) is 0 Å². The maximum atomic E-state index is 3.58. The van der Waals surface area contributed by atoms with Gasteiger partial charge in [0.25, 0.3) is 0 Å². The number of benzene rings is 3. The van der Waals surface area contributed by atoms with Crippen molar-refractivity contribution in [2.75, 3.05) is 4.90 Å². The SMILES string of the molecule is Brc1ccc(C2CCC(c3ccc(Br)cc3)N2c2ccc(C3CC3)cc2)cc1. The summed E-state index contributed by atoms with van der Waals surface area (Å²) in [5.41, 5.74) is 5.63. The molecule has 0 radical (unpaired) electrons. The van der Waals surface area contributed by atoms with Crippen LogP contribution in [0.15, 0.2) is 81.7 Å². The molecule has 1 nitrogen and oxygen atoms in total. The van der Waals surface area contributed by atoms with Crippen LogP contribution >= 0.6 is 31.9 Å². The Morgan fingerprint density at radius 1 is 0.536 bits per heavy atom. The molecule has 3 aromatic carbocycles. The minimum atomic E-state index is 0.411. The van der Waals surface area contributed by atoms with Crippen molar-refractivity contribution in [3.63, 3.8) is 0 Å². The van der Waals surface area contributed by atoms with Crippen molar-refractivity contribution < 1.29 is 0 Å². The molecule has 0 amide bonds. The smallest absolute Gasteiger partial charge is 0.0549 e. The van der Waals surface area contributed by atoms with E-state index in [1.165, 1.54) is 48.1 Å². The van der Waals surface area contributed by atoms with Gasteiger partial charge in [-0.3, -0.25) is 0 Å². The van der Waals surface area contributed by atoms with Crippen LogP contribution in [-0.2, 0) is 0 Å². The standard InChI is InChI=1S/C25H23Br2N/c26-21-9-3-19(4-10-21)24-15-16-25(20-5-11-22(27)12-6-20)28(24)23-13-7-18(8-14-23)17-1-2-17/h3-14,17,24-25H,1-2,15-16H2. The van der Waals surface area contributed by atoms with Crippen LogP contribution in [0.5, 0.6) is 0 Å². The largest absolute Gasteiger partial charge is 0.357 e. The first-order valence-electron chi connectivity index (χ1n) is 10.1. The molecule has 0 N–H and O–H groups in total. The Kier molecular flexibility index (Phi) is 5.06. The van der Waals surface area contributed by atoms with Gasteiger partial charge in [-0.25, -0.2) is 0 Å². The highest BCUT2D eigenvalue weighted by molar-refractivity contribution is 9.10. The van der Waals surface area contributed by atoms with Crippen LogP contribution < -0.4 is 4.90 Å². The van der Waals surface area contributed by atoms with Gasteiger partial charge in [0.2, 0.25) is 0 Å². The Labute approximate surface area is 184 Å². The van der Waals surface area contributed by atoms with Crippen LogP contribution in [0.25, 0.3) is 0 Å². The van der Waals surface area contributed by atoms with E-state index in [9.17, 15) is 0 Å². The monoisotopic (exact) mass is 495 g/mol. The molecule has 2 atom stereocenters. The maximum Gasteiger partial charge on any atom is 0.0549 e. The third-order valence-electron chi connectivity index (χ3n) is 6.13. The van der Waals surface area contributed by atoms with E-state index in [1.54, 1.807) is 0 Å². The Hall–Kier alpha value is -1.58. The molecule has 142 valence electrons. The lowest BCUT2D eigenvalue weighted by atomic mass is 10.0. The zero-order valence-corrected chi connectivity index (χ0v) is 18.9. The van der Waals surface area contributed by atoms with Crippen molar-refractivity contribution in [3.8, 4) is 0 Å². The molecular weight excluding hydrogens is 474 g/mol. The number of halogens is 2. The van der Waals surface area contributed by atoms with Gasteiger partial charge in [-0.05, 0) is 84.7 Å². The van der Waals surface area contributed by atoms with Crippen LogP contribution in [0.1, 0.15) is 60.4 Å². The molecule has 1 heterocycles. The third kappa shape index (κ3) is 3.67. The van der Waals surface area contributed by atoms with Crippen molar-refractivity contribution >= 4 is 37.5 Å². The van der Waals surface area contributed by atoms with Crippen LogP contribution in [0.4, 0.5) is 5.69 Å². The highest BCUT2D eigenvalue weighted by Gasteiger charge is 2.35. The summed E-state index contributed by atoms with van der Waals surface area (Å²) in [4.78, 5) is 2.64. The Morgan fingerprint density at radius 3 is 1.39 bits per heavy atom. The molecule has 1 saturated carbocycles. The summed E-state index contributed by atoms with van der Waals surface area (Å²) in [5, 5.41) is 0. The van der Waals surface area contributed by atoms with E-state index in [0.717, 1.165) is 14.9 Å². The normalized spacial score (nSPS) is 21.9. The molecule has 3 aromatic rings. The summed E-state index contributed by atoms with van der Waals surface area (Å²) in [7, 11) is 0. The van der Waals surface area contributed by atoms with Gasteiger partial charge in [0.1, 0.15) is 0 Å². The molecule has 2 aliphatic rings. The molecular formula is C25H23Br2N. The highest BCUT2D eigenvalue weighted by atomic mass is 79.9. The van der Waals surface area contributed by atoms with Gasteiger partial charge in [-0.1, -0.05) is 68.3 Å². The molecule has 1 aliphatic carbocycles. The summed E-state index contributed by atoms with van der Waals surface area (Å²) >= 11 is 7.16. The van der Waals surface area contributed by atoms with Gasteiger partial charge in [0.15, 0.2) is 0 Å². The third-order valence-corrected chi connectivity index (χ3v) is 7.19. The predicted octanol–water partition coefficient (Wildman–Crippen LogP) is 8.17. The van der Waals surface area contributed by atoms with Gasteiger partial charge in [0, 0.05) is 14.6 Å². The van der Waals surface area contributed by atoms with Gasteiger partial charge in [0.05, 0.1) is 12.1 Å². The Morgan fingerprint density at radius 2 is 0.964 bits per heavy atom. The van der Waals surface area contributed by atoms with Crippen molar-refractivity contribution in [2.24, 2.45) is 0 Å². The van der Waals surface area contributed by atoms with Gasteiger partial charge in [-0.2, -0.15) is 0 Å². The Balaban J connectivity index is 1.53. The van der Waals surface area contributed by atoms with E-state index in [0.29, 0.717) is 12.1 Å². The summed E-state index contributed by atoms with van der Waals surface area (Å²) in [6.07, 6.45) is 5.05. The van der Waals surface area contributed by atoms with Gasteiger partial charge in [-0.15, -0.1) is 0 Å². The van der Waals surface area contributed by atoms with E-state index in [2.05, 4.69) is 110 Å². The molecule has 28 heavy (non-hydrogen) atoms. The minimum Gasteiger partial charge on any atom is -0.357 e. The Bertz CT molecular complexity index is 890. The molecule has 5 rings (SSSR count). The zero-order valence-electron chi connectivity index (χ0n) is 15.7. The first kappa shape index (κ1) is 18.4. The molecule has 3 heteroatoms. The second kappa shape index (κ2) is 7.68. The van der Waals surface area contributed by atoms with Gasteiger partial charge >= 0.3 is 0 Å². The summed E-state index contributed by atoms with van der Waals surface area (Å²) in [5.74, 6) is 0.803. The molecule has 0 bridgehead atoms. The minimum absolute atomic E-state index is 0.411. The van der Waals surface area contributed by atoms with Crippen LogP contribution in [0, 0.1) is 0 Å². The van der Waals surface area contributed by atoms with Crippen molar-refractivity contribution in [1.82, 2.24) is 0 Å². The van der Waals surface area contributed by atoms with Crippen molar-refractivity contribution in [3.05, 3.63) is 98.4 Å². The number of hydrogen-bond donors (Lipinski definition) is 0. The molecule has 2 fully saturated rings. The summed E-state index contributed by atoms with van der Waals surface area (Å²) in [6.45, 7) is 0. The maximum absolute atomic E-state index is 3.58. The first-order valence-corrected chi connectivity index (χ1v) is 11.7. The fourth-order valence-corrected chi connectivity index (χ4v) is 5.06. The van der Waals surface area contributed by atoms with E-state index < -0.39 is 0 Å². The fourth-order valence-electron chi connectivity index (χ4n) is 4.53. The van der Waals surface area contributed by atoms with Crippen LogP contribution in [0.3, 0.4) is 0 Å². The van der Waals surface area contributed by atoms with Crippen LogP contribution in [-0.4, -0.2) is 0 Å². The van der Waals surface area contributed by atoms with E-state index in [-0.39, 0.29) is 0 Å². The quantitative estimate of drug-likeness (QED) is 0.352. The number of nitrogens with zero attached hydrogens (tertiary/aromatic N) is 1. The average molecular weight is 497 g/mol. The lowest BCUT2D eigenvalue weighted by molar-refractivity contribution is 0.674. The van der Waals surface area contributed by atoms with E-state index in [1.807, 2.05) is 0 Å². The summed E-state index contributed by atoms with van der Waals surface area (Å²) < 4.78 is 2.28. The number of anilines is 1. The average Bonchev–Trinajstić information content (AvgIpc) is 3.48. The molecule has 1 aliphatic heterocycles. The highest BCUT2D eigenvalue weighted by Crippen LogP contribution is 2.48. The number of hydrogen-bond acceptors (Lipinski definition) is 1.